The average molecular weight is 459 g/mol. The van der Waals surface area contributed by atoms with Gasteiger partial charge in [0.1, 0.15) is 29.7 Å². The quantitative estimate of drug-likeness (QED) is 0.378. The van der Waals surface area contributed by atoms with Crippen molar-refractivity contribution in [1.82, 2.24) is 5.43 Å². The number of amides is 1. The van der Waals surface area contributed by atoms with Gasteiger partial charge in [0.2, 0.25) is 0 Å². The number of nitrogens with zero attached hydrogens (tertiary/aromatic N) is 1. The minimum absolute atomic E-state index is 0.0571. The maximum absolute atomic E-state index is 13.0. The van der Waals surface area contributed by atoms with Crippen molar-refractivity contribution in [2.24, 2.45) is 5.10 Å². The zero-order valence-electron chi connectivity index (χ0n) is 15.0. The number of phenols is 2. The van der Waals surface area contributed by atoms with E-state index in [1.165, 1.54) is 30.5 Å². The van der Waals surface area contributed by atoms with Crippen LogP contribution in [0.1, 0.15) is 21.5 Å². The van der Waals surface area contributed by atoms with Crippen molar-refractivity contribution in [2.75, 3.05) is 0 Å². The van der Waals surface area contributed by atoms with Crippen LogP contribution in [-0.2, 0) is 6.61 Å². The number of halogens is 2. The molecule has 0 heterocycles. The highest BCUT2D eigenvalue weighted by molar-refractivity contribution is 9.10. The van der Waals surface area contributed by atoms with E-state index >= 15 is 0 Å². The Kier molecular flexibility index (Phi) is 6.46. The van der Waals surface area contributed by atoms with Crippen LogP contribution in [0.2, 0.25) is 0 Å². The molecule has 0 bridgehead atoms. The molecule has 1 amide bonds. The van der Waals surface area contributed by atoms with Crippen LogP contribution in [0.3, 0.4) is 0 Å². The highest BCUT2D eigenvalue weighted by Crippen LogP contribution is 2.23. The SMILES string of the molecule is O=C(NN=Cc1cc(Br)ccc1OCc1ccc(F)cc1)c1cc(O)cc(O)c1. The van der Waals surface area contributed by atoms with Crippen LogP contribution in [0.5, 0.6) is 17.2 Å². The number of hydrogen-bond donors (Lipinski definition) is 3. The zero-order chi connectivity index (χ0) is 20.8. The van der Waals surface area contributed by atoms with E-state index in [1.807, 2.05) is 0 Å². The van der Waals surface area contributed by atoms with Gasteiger partial charge in [-0.1, -0.05) is 28.1 Å². The molecule has 0 aliphatic rings. The first kappa shape index (κ1) is 20.3. The first-order valence-electron chi connectivity index (χ1n) is 8.44. The van der Waals surface area contributed by atoms with E-state index < -0.39 is 5.91 Å². The number of phenolic OH excluding ortho intramolecular Hbond substituents is 2. The summed E-state index contributed by atoms with van der Waals surface area (Å²) >= 11 is 3.37. The normalized spacial score (nSPS) is 10.8. The molecule has 0 aliphatic heterocycles. The van der Waals surface area contributed by atoms with Crippen molar-refractivity contribution in [1.29, 1.82) is 0 Å². The van der Waals surface area contributed by atoms with Gasteiger partial charge >= 0.3 is 0 Å². The lowest BCUT2D eigenvalue weighted by atomic mass is 10.2. The lowest BCUT2D eigenvalue weighted by Crippen LogP contribution is -2.17. The van der Waals surface area contributed by atoms with Gasteiger partial charge in [-0.25, -0.2) is 9.82 Å². The lowest BCUT2D eigenvalue weighted by Gasteiger charge is -2.10. The van der Waals surface area contributed by atoms with Gasteiger partial charge in [-0.3, -0.25) is 4.79 Å². The summed E-state index contributed by atoms with van der Waals surface area (Å²) in [4.78, 5) is 12.1. The van der Waals surface area contributed by atoms with Crippen LogP contribution < -0.4 is 10.2 Å². The molecule has 0 atom stereocenters. The smallest absolute Gasteiger partial charge is 0.271 e. The second kappa shape index (κ2) is 9.20. The summed E-state index contributed by atoms with van der Waals surface area (Å²) in [6, 6.07) is 14.8. The molecule has 3 aromatic rings. The van der Waals surface area contributed by atoms with Crippen molar-refractivity contribution < 1.29 is 24.1 Å². The summed E-state index contributed by atoms with van der Waals surface area (Å²) in [5, 5.41) is 22.8. The number of nitrogens with one attached hydrogen (secondary N) is 1. The Morgan fingerprint density at radius 1 is 1.07 bits per heavy atom. The number of benzene rings is 3. The molecule has 3 N–H and O–H groups in total. The Morgan fingerprint density at radius 2 is 1.76 bits per heavy atom. The van der Waals surface area contributed by atoms with Crippen LogP contribution in [0.4, 0.5) is 4.39 Å². The van der Waals surface area contributed by atoms with E-state index in [2.05, 4.69) is 26.5 Å². The topological polar surface area (TPSA) is 91.2 Å². The second-order valence-corrected chi connectivity index (χ2v) is 6.95. The van der Waals surface area contributed by atoms with Crippen molar-refractivity contribution in [2.45, 2.75) is 6.61 Å². The highest BCUT2D eigenvalue weighted by Gasteiger charge is 2.08. The van der Waals surface area contributed by atoms with Gasteiger partial charge in [-0.2, -0.15) is 5.10 Å². The third-order valence-electron chi connectivity index (χ3n) is 3.81. The number of rotatable bonds is 6. The molecule has 0 fully saturated rings. The van der Waals surface area contributed by atoms with Gasteiger partial charge in [0.15, 0.2) is 0 Å². The molecule has 0 radical (unpaired) electrons. The Hall–Kier alpha value is -3.39. The summed E-state index contributed by atoms with van der Waals surface area (Å²) in [5.74, 6) is -0.868. The van der Waals surface area contributed by atoms with Crippen LogP contribution >= 0.6 is 15.9 Å². The number of aromatic hydroxyl groups is 2. The molecule has 148 valence electrons. The zero-order valence-corrected chi connectivity index (χ0v) is 16.6. The summed E-state index contributed by atoms with van der Waals surface area (Å²) in [7, 11) is 0. The number of carbonyl (C=O) groups excluding carboxylic acids is 1. The van der Waals surface area contributed by atoms with Gasteiger partial charge in [-0.15, -0.1) is 0 Å². The molecule has 0 spiro atoms. The summed E-state index contributed by atoms with van der Waals surface area (Å²) in [5.41, 5.74) is 3.78. The maximum Gasteiger partial charge on any atom is 0.271 e. The third-order valence-corrected chi connectivity index (χ3v) is 4.31. The predicted molar refractivity (Wildman–Crippen MR) is 110 cm³/mol. The molecule has 0 saturated heterocycles. The molecule has 0 aliphatic carbocycles. The molecule has 0 saturated carbocycles. The van der Waals surface area contributed by atoms with Gasteiger partial charge in [0.05, 0.1) is 6.21 Å². The number of hydrogen-bond acceptors (Lipinski definition) is 5. The largest absolute Gasteiger partial charge is 0.508 e. The summed E-state index contributed by atoms with van der Waals surface area (Å²) in [6.07, 6.45) is 1.41. The van der Waals surface area contributed by atoms with Gasteiger partial charge in [0.25, 0.3) is 5.91 Å². The molecular weight excluding hydrogens is 443 g/mol. The molecule has 29 heavy (non-hydrogen) atoms. The Balaban J connectivity index is 1.70. The fraction of sp³-hybridized carbons (Fsp3) is 0.0476. The van der Waals surface area contributed by atoms with Gasteiger partial charge in [0, 0.05) is 21.7 Å². The molecule has 3 rings (SSSR count). The summed E-state index contributed by atoms with van der Waals surface area (Å²) < 4.78 is 19.6. The van der Waals surface area contributed by atoms with E-state index in [0.29, 0.717) is 11.3 Å². The van der Waals surface area contributed by atoms with Crippen LogP contribution in [0.15, 0.2) is 70.2 Å². The van der Waals surface area contributed by atoms with E-state index in [1.54, 1.807) is 30.3 Å². The summed E-state index contributed by atoms with van der Waals surface area (Å²) in [6.45, 7) is 0.234. The minimum atomic E-state index is -0.601. The van der Waals surface area contributed by atoms with Gasteiger partial charge < -0.3 is 14.9 Å². The first-order valence-corrected chi connectivity index (χ1v) is 9.23. The van der Waals surface area contributed by atoms with Crippen molar-refractivity contribution in [3.05, 3.63) is 87.6 Å². The molecular formula is C21H16BrFN2O4. The van der Waals surface area contributed by atoms with Crippen molar-refractivity contribution in [3.8, 4) is 17.2 Å². The van der Waals surface area contributed by atoms with Crippen LogP contribution in [-0.4, -0.2) is 22.3 Å². The maximum atomic E-state index is 13.0. The molecule has 3 aromatic carbocycles. The monoisotopic (exact) mass is 458 g/mol. The standard InChI is InChI=1S/C21H16BrFN2O4/c22-16-3-6-20(29-12-13-1-4-17(23)5-2-13)15(7-16)11-24-25-21(28)14-8-18(26)10-19(27)9-14/h1-11,26-27H,12H2,(H,25,28). The lowest BCUT2D eigenvalue weighted by molar-refractivity contribution is 0.0954. The van der Waals surface area contributed by atoms with Crippen molar-refractivity contribution >= 4 is 28.1 Å². The molecule has 8 heteroatoms. The second-order valence-electron chi connectivity index (χ2n) is 6.03. The highest BCUT2D eigenvalue weighted by atomic mass is 79.9. The Morgan fingerprint density at radius 3 is 2.45 bits per heavy atom. The fourth-order valence-electron chi connectivity index (χ4n) is 2.44. The van der Waals surface area contributed by atoms with E-state index in [0.717, 1.165) is 16.1 Å². The van der Waals surface area contributed by atoms with E-state index in [4.69, 9.17) is 4.74 Å². The van der Waals surface area contributed by atoms with E-state index in [-0.39, 0.29) is 29.5 Å². The number of carbonyl (C=O) groups is 1. The van der Waals surface area contributed by atoms with Crippen LogP contribution in [0, 0.1) is 5.82 Å². The fourth-order valence-corrected chi connectivity index (χ4v) is 2.82. The predicted octanol–water partition coefficient (Wildman–Crippen LogP) is 4.34. The first-order chi connectivity index (χ1) is 13.9. The van der Waals surface area contributed by atoms with E-state index in [9.17, 15) is 19.4 Å². The van der Waals surface area contributed by atoms with Crippen LogP contribution in [0.25, 0.3) is 0 Å². The minimum Gasteiger partial charge on any atom is -0.508 e. The molecule has 6 nitrogen and oxygen atoms in total. The third kappa shape index (κ3) is 5.79. The number of ether oxygens (including phenoxy) is 1. The van der Waals surface area contributed by atoms with Crippen molar-refractivity contribution in [3.63, 3.8) is 0 Å². The van der Waals surface area contributed by atoms with Gasteiger partial charge in [-0.05, 0) is 48.0 Å². The molecule has 0 unspecified atom stereocenters. The molecule has 0 aromatic heterocycles. The Bertz CT molecular complexity index is 1030. The Labute approximate surface area is 174 Å². The average Bonchev–Trinajstić information content (AvgIpc) is 2.68. The number of hydrazone groups is 1.